The molecule has 37 heavy (non-hydrogen) atoms. The molecule has 0 atom stereocenters. The van der Waals surface area contributed by atoms with E-state index in [9.17, 15) is 4.79 Å². The molecule has 0 fully saturated rings. The molecule has 0 radical (unpaired) electrons. The Morgan fingerprint density at radius 3 is 2.49 bits per heavy atom. The van der Waals surface area contributed by atoms with Crippen molar-refractivity contribution in [3.8, 4) is 11.5 Å². The summed E-state index contributed by atoms with van der Waals surface area (Å²) < 4.78 is 13.6. The van der Waals surface area contributed by atoms with Gasteiger partial charge in [-0.05, 0) is 60.7 Å². The quantitative estimate of drug-likeness (QED) is 0.217. The fourth-order valence-electron chi connectivity index (χ4n) is 4.48. The van der Waals surface area contributed by atoms with E-state index >= 15 is 0 Å². The Balaban J connectivity index is 1.27. The van der Waals surface area contributed by atoms with E-state index in [1.54, 1.807) is 19.2 Å². The van der Waals surface area contributed by atoms with E-state index in [-0.39, 0.29) is 5.91 Å². The van der Waals surface area contributed by atoms with Gasteiger partial charge in [0.1, 0.15) is 23.9 Å². The number of benzene rings is 3. The lowest BCUT2D eigenvalue weighted by Gasteiger charge is -2.12. The smallest absolute Gasteiger partial charge is 0.255 e. The van der Waals surface area contributed by atoms with Crippen LogP contribution in [0, 0.1) is 0 Å². The van der Waals surface area contributed by atoms with Crippen LogP contribution in [-0.4, -0.2) is 35.7 Å². The molecule has 0 spiro atoms. The number of aromatic nitrogens is 2. The normalized spacial score (nSPS) is 11.1. The minimum absolute atomic E-state index is 0.0990. The second kappa shape index (κ2) is 12.9. The lowest BCUT2D eigenvalue weighted by molar-refractivity contribution is 0.0950. The van der Waals surface area contributed by atoms with Crippen molar-refractivity contribution in [3.63, 3.8) is 0 Å². The van der Waals surface area contributed by atoms with Gasteiger partial charge in [-0.3, -0.25) is 4.79 Å². The molecular formula is C31H37N3O3. The molecule has 4 aromatic rings. The van der Waals surface area contributed by atoms with Crippen molar-refractivity contribution in [2.75, 3.05) is 20.3 Å². The summed E-state index contributed by atoms with van der Waals surface area (Å²) in [5.74, 6) is 2.98. The average molecular weight is 500 g/mol. The number of ether oxygens (including phenoxy) is 2. The van der Waals surface area contributed by atoms with Crippen LogP contribution in [0.2, 0.25) is 0 Å². The zero-order chi connectivity index (χ0) is 26.0. The van der Waals surface area contributed by atoms with Crippen LogP contribution < -0.4 is 14.8 Å². The number of para-hydroxylation sites is 3. The number of unbranched alkanes of at least 4 members (excludes halogenated alkanes) is 2. The van der Waals surface area contributed by atoms with E-state index in [0.29, 0.717) is 30.4 Å². The minimum Gasteiger partial charge on any atom is -0.496 e. The Hall–Kier alpha value is -3.80. The standard InChI is InChI=1S/C31H37N3O3/c1-23(2)24-16-18-25(19-17-24)37-22-21-34-28-13-8-7-12-27(28)33-30(34)15-5-4-10-20-32-31(35)26-11-6-9-14-29(26)36-3/h6-9,11-14,16-19,23H,4-5,10,15,20-22H2,1-3H3,(H,32,35). The summed E-state index contributed by atoms with van der Waals surface area (Å²) in [6.45, 7) is 6.36. The van der Waals surface area contributed by atoms with Gasteiger partial charge in [-0.2, -0.15) is 0 Å². The first-order valence-electron chi connectivity index (χ1n) is 13.1. The number of nitrogens with zero attached hydrogens (tertiary/aromatic N) is 2. The molecule has 0 saturated heterocycles. The number of carbonyl (C=O) groups is 1. The highest BCUT2D eigenvalue weighted by Gasteiger charge is 2.12. The number of hydrogen-bond acceptors (Lipinski definition) is 4. The number of aryl methyl sites for hydroxylation is 1. The maximum Gasteiger partial charge on any atom is 0.255 e. The van der Waals surface area contributed by atoms with Crippen LogP contribution in [-0.2, 0) is 13.0 Å². The highest BCUT2D eigenvalue weighted by Crippen LogP contribution is 2.21. The van der Waals surface area contributed by atoms with Crippen molar-refractivity contribution in [1.29, 1.82) is 0 Å². The summed E-state index contributed by atoms with van der Waals surface area (Å²) in [6, 6.07) is 23.9. The Kier molecular flexibility index (Phi) is 9.19. The molecule has 6 nitrogen and oxygen atoms in total. The molecule has 1 heterocycles. The van der Waals surface area contributed by atoms with Gasteiger partial charge in [0.05, 0.1) is 30.3 Å². The van der Waals surface area contributed by atoms with Crippen LogP contribution in [0.15, 0.2) is 72.8 Å². The van der Waals surface area contributed by atoms with Crippen LogP contribution >= 0.6 is 0 Å². The second-order valence-electron chi connectivity index (χ2n) is 9.51. The Bertz CT molecular complexity index is 1290. The monoisotopic (exact) mass is 499 g/mol. The fraction of sp³-hybridized carbons (Fsp3) is 0.355. The number of fused-ring (bicyclic) bond motifs is 1. The predicted octanol–water partition coefficient (Wildman–Crippen LogP) is 6.39. The second-order valence-corrected chi connectivity index (χ2v) is 9.51. The third-order valence-corrected chi connectivity index (χ3v) is 6.58. The van der Waals surface area contributed by atoms with Crippen LogP contribution in [0.3, 0.4) is 0 Å². The average Bonchev–Trinajstić information content (AvgIpc) is 3.28. The van der Waals surface area contributed by atoms with Gasteiger partial charge in [0.2, 0.25) is 0 Å². The topological polar surface area (TPSA) is 65.4 Å². The third-order valence-electron chi connectivity index (χ3n) is 6.58. The van der Waals surface area contributed by atoms with Gasteiger partial charge in [0.25, 0.3) is 5.91 Å². The number of imidazole rings is 1. The maximum absolute atomic E-state index is 12.5. The van der Waals surface area contributed by atoms with Gasteiger partial charge in [-0.15, -0.1) is 0 Å². The molecule has 1 amide bonds. The largest absolute Gasteiger partial charge is 0.496 e. The van der Waals surface area contributed by atoms with Crippen molar-refractivity contribution in [2.24, 2.45) is 0 Å². The molecule has 0 aliphatic rings. The van der Waals surface area contributed by atoms with Gasteiger partial charge in [0.15, 0.2) is 0 Å². The minimum atomic E-state index is -0.0990. The first-order valence-corrected chi connectivity index (χ1v) is 13.1. The number of amides is 1. The molecule has 194 valence electrons. The first-order chi connectivity index (χ1) is 18.1. The summed E-state index contributed by atoms with van der Waals surface area (Å²) in [5, 5.41) is 3.00. The third kappa shape index (κ3) is 6.91. The summed E-state index contributed by atoms with van der Waals surface area (Å²) in [6.07, 6.45) is 3.81. The Morgan fingerprint density at radius 1 is 0.946 bits per heavy atom. The molecular weight excluding hydrogens is 462 g/mol. The fourth-order valence-corrected chi connectivity index (χ4v) is 4.48. The van der Waals surface area contributed by atoms with Gasteiger partial charge >= 0.3 is 0 Å². The van der Waals surface area contributed by atoms with E-state index in [1.807, 2.05) is 18.2 Å². The molecule has 0 bridgehead atoms. The zero-order valence-corrected chi connectivity index (χ0v) is 22.1. The van der Waals surface area contributed by atoms with Crippen LogP contribution in [0.25, 0.3) is 11.0 Å². The van der Waals surface area contributed by atoms with Crippen molar-refractivity contribution in [2.45, 2.75) is 52.0 Å². The highest BCUT2D eigenvalue weighted by molar-refractivity contribution is 5.96. The molecule has 0 saturated carbocycles. The number of methoxy groups -OCH3 is 1. The summed E-state index contributed by atoms with van der Waals surface area (Å²) >= 11 is 0. The molecule has 3 aromatic carbocycles. The number of carbonyl (C=O) groups excluding carboxylic acids is 1. The summed E-state index contributed by atoms with van der Waals surface area (Å²) in [4.78, 5) is 17.4. The van der Waals surface area contributed by atoms with Crippen LogP contribution in [0.1, 0.15) is 60.8 Å². The number of nitrogens with one attached hydrogen (secondary N) is 1. The van der Waals surface area contributed by atoms with E-state index < -0.39 is 0 Å². The van der Waals surface area contributed by atoms with Gasteiger partial charge < -0.3 is 19.4 Å². The van der Waals surface area contributed by atoms with Crippen molar-refractivity contribution < 1.29 is 14.3 Å². The van der Waals surface area contributed by atoms with Gasteiger partial charge in [-0.25, -0.2) is 4.98 Å². The van der Waals surface area contributed by atoms with E-state index in [2.05, 4.69) is 66.2 Å². The van der Waals surface area contributed by atoms with Crippen molar-refractivity contribution in [1.82, 2.24) is 14.9 Å². The molecule has 0 unspecified atom stereocenters. The van der Waals surface area contributed by atoms with E-state index in [1.165, 1.54) is 5.56 Å². The van der Waals surface area contributed by atoms with Crippen molar-refractivity contribution >= 4 is 16.9 Å². The molecule has 1 N–H and O–H groups in total. The summed E-state index contributed by atoms with van der Waals surface area (Å²) in [5.41, 5.74) is 4.04. The lowest BCUT2D eigenvalue weighted by atomic mass is 10.0. The summed E-state index contributed by atoms with van der Waals surface area (Å²) in [7, 11) is 1.58. The molecule has 0 aliphatic heterocycles. The Labute approximate surface area is 219 Å². The first kappa shape index (κ1) is 26.3. The number of hydrogen-bond donors (Lipinski definition) is 1. The lowest BCUT2D eigenvalue weighted by Crippen LogP contribution is -2.24. The van der Waals surface area contributed by atoms with Gasteiger partial charge in [-0.1, -0.05) is 56.7 Å². The van der Waals surface area contributed by atoms with E-state index in [4.69, 9.17) is 14.5 Å². The molecule has 4 rings (SSSR count). The highest BCUT2D eigenvalue weighted by atomic mass is 16.5. The van der Waals surface area contributed by atoms with Crippen LogP contribution in [0.5, 0.6) is 11.5 Å². The molecule has 1 aromatic heterocycles. The zero-order valence-electron chi connectivity index (χ0n) is 22.1. The predicted molar refractivity (Wildman–Crippen MR) is 149 cm³/mol. The SMILES string of the molecule is COc1ccccc1C(=O)NCCCCCc1nc2ccccc2n1CCOc1ccc(C(C)C)cc1. The van der Waals surface area contributed by atoms with Gasteiger partial charge in [0, 0.05) is 13.0 Å². The Morgan fingerprint density at radius 2 is 1.70 bits per heavy atom. The molecule has 0 aliphatic carbocycles. The number of rotatable bonds is 13. The maximum atomic E-state index is 12.5. The van der Waals surface area contributed by atoms with Crippen molar-refractivity contribution in [3.05, 3.63) is 89.7 Å². The van der Waals surface area contributed by atoms with Crippen LogP contribution in [0.4, 0.5) is 0 Å². The van der Waals surface area contributed by atoms with E-state index in [0.717, 1.165) is 54.8 Å². The molecule has 6 heteroatoms.